The van der Waals surface area contributed by atoms with Crippen LogP contribution in [0.1, 0.15) is 33.3 Å². The third kappa shape index (κ3) is 9.81. The number of hydrogen-bond acceptors (Lipinski definition) is 3. The summed E-state index contributed by atoms with van der Waals surface area (Å²) in [7, 11) is -3.16. The predicted octanol–water partition coefficient (Wildman–Crippen LogP) is 3.42. The summed E-state index contributed by atoms with van der Waals surface area (Å²) in [6, 6.07) is 7.55. The molecule has 0 unspecified atom stereocenters. The van der Waals surface area contributed by atoms with Gasteiger partial charge in [-0.1, -0.05) is 26.0 Å². The molecule has 0 aliphatic carbocycles. The van der Waals surface area contributed by atoms with Gasteiger partial charge in [0.1, 0.15) is 0 Å². The molecule has 6 heteroatoms. The Hall–Kier alpha value is -1.07. The smallest absolute Gasteiger partial charge is 0.232 e. The summed E-state index contributed by atoms with van der Waals surface area (Å²) in [5.74, 6) is 0.707. The van der Waals surface area contributed by atoms with Crippen molar-refractivity contribution in [3.63, 3.8) is 0 Å². The molecule has 1 rings (SSSR count). The van der Waals surface area contributed by atoms with Gasteiger partial charge in [0.15, 0.2) is 0 Å². The Bertz CT molecular complexity index is 506. The summed E-state index contributed by atoms with van der Waals surface area (Å²) in [6.07, 6.45) is 1.01. The molecule has 0 atom stereocenters. The first-order valence-corrected chi connectivity index (χ1v) is 8.44. The van der Waals surface area contributed by atoms with E-state index >= 15 is 0 Å². The van der Waals surface area contributed by atoms with Crippen LogP contribution in [-0.4, -0.2) is 19.4 Å². The van der Waals surface area contributed by atoms with Crippen molar-refractivity contribution in [1.29, 1.82) is 0 Å². The quantitative estimate of drug-likeness (QED) is 0.846. The van der Waals surface area contributed by atoms with E-state index in [1.54, 1.807) is 6.92 Å². The minimum atomic E-state index is -3.16. The fraction of sp³-hybridized carbons (Fsp3) is 0.500. The first kappa shape index (κ1) is 18.9. The van der Waals surface area contributed by atoms with Crippen LogP contribution in [0.5, 0.6) is 0 Å². The van der Waals surface area contributed by atoms with Crippen molar-refractivity contribution < 1.29 is 13.2 Å². The summed E-state index contributed by atoms with van der Waals surface area (Å²) >= 11 is 4.64. The Morgan fingerprint density at radius 2 is 1.70 bits per heavy atom. The summed E-state index contributed by atoms with van der Waals surface area (Å²) in [4.78, 5) is 9.21. The van der Waals surface area contributed by atoms with E-state index in [1.165, 1.54) is 12.5 Å². The van der Waals surface area contributed by atoms with Gasteiger partial charge in [0, 0.05) is 12.6 Å². The molecule has 0 radical (unpaired) electrons. The van der Waals surface area contributed by atoms with Gasteiger partial charge in [-0.25, -0.2) is 8.42 Å². The number of sulfonamides is 1. The molecule has 0 aliphatic heterocycles. The number of carbonyl (C=O) groups is 1. The molecule has 0 fully saturated rings. The Morgan fingerprint density at radius 3 is 2.05 bits per heavy atom. The lowest BCUT2D eigenvalue weighted by Gasteiger charge is -2.08. The van der Waals surface area contributed by atoms with Crippen molar-refractivity contribution in [2.75, 3.05) is 10.5 Å². The second-order valence-corrected chi connectivity index (χ2v) is 7.31. The van der Waals surface area contributed by atoms with E-state index < -0.39 is 10.0 Å². The molecule has 20 heavy (non-hydrogen) atoms. The molecule has 0 spiro atoms. The maximum absolute atomic E-state index is 11.3. The van der Waals surface area contributed by atoms with Crippen molar-refractivity contribution >= 4 is 32.6 Å². The Morgan fingerprint density at radius 1 is 1.25 bits per heavy atom. The first-order chi connectivity index (χ1) is 9.16. The van der Waals surface area contributed by atoms with Crippen LogP contribution in [0, 0.1) is 5.92 Å². The molecule has 0 saturated carbocycles. The van der Waals surface area contributed by atoms with Crippen molar-refractivity contribution in [2.45, 2.75) is 34.1 Å². The van der Waals surface area contributed by atoms with Crippen LogP contribution >= 0.6 is 11.6 Å². The lowest BCUT2D eigenvalue weighted by molar-refractivity contribution is -0.109. The number of benzene rings is 1. The SMILES string of the molecule is CC(=O)Cl.CCS(=O)(=O)Nc1ccc(CC(C)C)cc1. The van der Waals surface area contributed by atoms with E-state index in [0.29, 0.717) is 11.6 Å². The maximum atomic E-state index is 11.3. The summed E-state index contributed by atoms with van der Waals surface area (Å²) in [6.45, 7) is 7.23. The first-order valence-electron chi connectivity index (χ1n) is 6.41. The topological polar surface area (TPSA) is 63.2 Å². The van der Waals surface area contributed by atoms with Gasteiger partial charge in [0.05, 0.1) is 5.75 Å². The highest BCUT2D eigenvalue weighted by molar-refractivity contribution is 7.92. The molecule has 0 aromatic heterocycles. The zero-order valence-corrected chi connectivity index (χ0v) is 13.9. The Kier molecular flexibility index (Phi) is 8.49. The van der Waals surface area contributed by atoms with Gasteiger partial charge in [-0.3, -0.25) is 9.52 Å². The van der Waals surface area contributed by atoms with Crippen molar-refractivity contribution in [3.05, 3.63) is 29.8 Å². The number of rotatable bonds is 5. The molecule has 4 nitrogen and oxygen atoms in total. The van der Waals surface area contributed by atoms with Crippen LogP contribution in [0.4, 0.5) is 5.69 Å². The zero-order chi connectivity index (χ0) is 15.8. The number of halogens is 1. The van der Waals surface area contributed by atoms with Crippen LogP contribution < -0.4 is 4.72 Å². The molecule has 0 saturated heterocycles. The highest BCUT2D eigenvalue weighted by Gasteiger charge is 2.06. The van der Waals surface area contributed by atoms with Crippen LogP contribution in [0.3, 0.4) is 0 Å². The van der Waals surface area contributed by atoms with Crippen LogP contribution in [0.25, 0.3) is 0 Å². The Labute approximate surface area is 126 Å². The summed E-state index contributed by atoms with van der Waals surface area (Å²) in [5.41, 5.74) is 1.86. The van der Waals surface area contributed by atoms with Crippen molar-refractivity contribution in [3.8, 4) is 0 Å². The van der Waals surface area contributed by atoms with E-state index in [0.717, 1.165) is 6.42 Å². The molecule has 114 valence electrons. The van der Waals surface area contributed by atoms with Crippen molar-refractivity contribution in [2.24, 2.45) is 5.92 Å². The van der Waals surface area contributed by atoms with Crippen LogP contribution in [0.2, 0.25) is 0 Å². The van der Waals surface area contributed by atoms with Gasteiger partial charge in [-0.15, -0.1) is 0 Å². The molecule has 0 bridgehead atoms. The van der Waals surface area contributed by atoms with E-state index in [4.69, 9.17) is 0 Å². The predicted molar refractivity (Wildman–Crippen MR) is 84.6 cm³/mol. The highest BCUT2D eigenvalue weighted by Crippen LogP contribution is 2.14. The second kappa shape index (κ2) is 8.97. The summed E-state index contributed by atoms with van der Waals surface area (Å²) in [5, 5.41) is -0.361. The molecule has 1 aromatic carbocycles. The largest absolute Gasteiger partial charge is 0.284 e. The second-order valence-electron chi connectivity index (χ2n) is 4.77. The number of hydrogen-bond donors (Lipinski definition) is 1. The van der Waals surface area contributed by atoms with E-state index in [9.17, 15) is 13.2 Å². The van der Waals surface area contributed by atoms with Crippen molar-refractivity contribution in [1.82, 2.24) is 0 Å². The number of nitrogens with one attached hydrogen (secondary N) is 1. The fourth-order valence-electron chi connectivity index (χ4n) is 1.43. The van der Waals surface area contributed by atoms with Gasteiger partial charge >= 0.3 is 0 Å². The standard InChI is InChI=1S/C12H19NO2S.C2H3ClO/c1-4-16(14,15)13-12-7-5-11(6-8-12)9-10(2)3;1-2(3)4/h5-8,10,13H,4,9H2,1-3H3;1H3. The van der Waals surface area contributed by atoms with Gasteiger partial charge < -0.3 is 0 Å². The molecule has 1 N–H and O–H groups in total. The monoisotopic (exact) mass is 319 g/mol. The zero-order valence-electron chi connectivity index (χ0n) is 12.3. The minimum absolute atomic E-state index is 0.0980. The maximum Gasteiger partial charge on any atom is 0.232 e. The Balaban J connectivity index is 0.000000796. The van der Waals surface area contributed by atoms with E-state index in [1.807, 2.05) is 24.3 Å². The molecular formula is C14H22ClNO3S. The average Bonchev–Trinajstić information content (AvgIpc) is 2.30. The number of anilines is 1. The van der Waals surface area contributed by atoms with E-state index in [-0.39, 0.29) is 11.0 Å². The molecule has 0 heterocycles. The summed E-state index contributed by atoms with van der Waals surface area (Å²) < 4.78 is 25.2. The highest BCUT2D eigenvalue weighted by atomic mass is 35.5. The third-order valence-corrected chi connectivity index (χ3v) is 3.56. The van der Waals surface area contributed by atoms with Gasteiger partial charge in [-0.05, 0) is 48.6 Å². The molecule has 0 amide bonds. The lowest BCUT2D eigenvalue weighted by Crippen LogP contribution is -2.14. The van der Waals surface area contributed by atoms with Gasteiger partial charge in [-0.2, -0.15) is 0 Å². The van der Waals surface area contributed by atoms with E-state index in [2.05, 4.69) is 30.2 Å². The third-order valence-electron chi connectivity index (χ3n) is 2.25. The number of carbonyl (C=O) groups excluding carboxylic acids is 1. The fourth-order valence-corrected chi connectivity index (χ4v) is 2.07. The molecular weight excluding hydrogens is 298 g/mol. The normalized spacial score (nSPS) is 10.7. The van der Waals surface area contributed by atoms with Gasteiger partial charge in [0.25, 0.3) is 0 Å². The molecule has 0 aliphatic rings. The van der Waals surface area contributed by atoms with Gasteiger partial charge in [0.2, 0.25) is 15.3 Å². The molecule has 1 aromatic rings. The average molecular weight is 320 g/mol. The van der Waals surface area contributed by atoms with Crippen LogP contribution in [-0.2, 0) is 21.2 Å². The lowest BCUT2D eigenvalue weighted by atomic mass is 10.0. The van der Waals surface area contributed by atoms with Crippen LogP contribution in [0.15, 0.2) is 24.3 Å². The minimum Gasteiger partial charge on any atom is -0.284 e.